The third-order valence-corrected chi connectivity index (χ3v) is 6.43. The molecule has 1 aliphatic rings. The predicted octanol–water partition coefficient (Wildman–Crippen LogP) is 3.68. The molecule has 0 amide bonds. The summed E-state index contributed by atoms with van der Waals surface area (Å²) in [6, 6.07) is 7.23. The molecule has 2 rings (SSSR count). The molecule has 0 spiro atoms. The van der Waals surface area contributed by atoms with Gasteiger partial charge in [0.1, 0.15) is 0 Å². The first-order valence-corrected chi connectivity index (χ1v) is 10.3. The quantitative estimate of drug-likeness (QED) is 0.524. The summed E-state index contributed by atoms with van der Waals surface area (Å²) in [5.41, 5.74) is 0.397. The summed E-state index contributed by atoms with van der Waals surface area (Å²) in [5, 5.41) is 15.3. The molecule has 136 valence electrons. The number of carbonyl (C=O) groups excluding carboxylic acids is 1. The van der Waals surface area contributed by atoms with Gasteiger partial charge in [0.2, 0.25) is 5.45 Å². The van der Waals surface area contributed by atoms with Gasteiger partial charge in [-0.05, 0) is 38.1 Å². The minimum Gasteiger partial charge on any atom is -0.461 e. The number of anilines is 1. The third-order valence-electron chi connectivity index (χ3n) is 3.36. The van der Waals surface area contributed by atoms with Gasteiger partial charge in [0.05, 0.1) is 18.9 Å². The van der Waals surface area contributed by atoms with Crippen LogP contribution in [0.5, 0.6) is 0 Å². The van der Waals surface area contributed by atoms with E-state index in [2.05, 4.69) is 21.0 Å². The Labute approximate surface area is 154 Å². The molecular formula is C16H20BrN2O5P. The van der Waals surface area contributed by atoms with E-state index in [1.165, 1.54) is 5.01 Å². The van der Waals surface area contributed by atoms with Crippen LogP contribution in [0.1, 0.15) is 20.3 Å². The summed E-state index contributed by atoms with van der Waals surface area (Å²) in [6.45, 7) is 3.37. The summed E-state index contributed by atoms with van der Waals surface area (Å²) in [4.78, 5) is 12.3. The molecule has 1 atom stereocenters. The minimum atomic E-state index is -3.68. The Morgan fingerprint density at radius 3 is 2.52 bits per heavy atom. The molecule has 1 aliphatic heterocycles. The molecule has 9 heteroatoms. The topological polar surface area (TPSA) is 88.4 Å². The van der Waals surface area contributed by atoms with Crippen molar-refractivity contribution in [3.05, 3.63) is 40.3 Å². The smallest absolute Gasteiger partial charge is 0.365 e. The second-order valence-electron chi connectivity index (χ2n) is 5.03. The Morgan fingerprint density at radius 1 is 1.28 bits per heavy atom. The summed E-state index contributed by atoms with van der Waals surface area (Å²) < 4.78 is 24.7. The Bertz CT molecular complexity index is 733. The lowest BCUT2D eigenvalue weighted by molar-refractivity contribution is -0.134. The van der Waals surface area contributed by atoms with E-state index in [0.29, 0.717) is 11.0 Å². The standard InChI is InChI=1S/C16H20BrN2O5P/c1-3-23-16(21)15-18-19(13-7-5-12(17)6-8-13)11-14(9-10-20)25(15,22)24-4-2/h5-8,11,20H,3-4,9-10H2,1-2H3/t25-/m0/s1. The third kappa shape index (κ3) is 4.39. The zero-order chi connectivity index (χ0) is 18.4. The first-order valence-electron chi connectivity index (χ1n) is 7.84. The molecule has 1 N–H and O–H groups in total. The molecule has 0 saturated carbocycles. The zero-order valence-electron chi connectivity index (χ0n) is 14.0. The Balaban J connectivity index is 2.54. The van der Waals surface area contributed by atoms with Crippen molar-refractivity contribution in [2.45, 2.75) is 20.3 Å². The van der Waals surface area contributed by atoms with Gasteiger partial charge in [-0.25, -0.2) is 9.80 Å². The SMILES string of the molecule is CCOC(=O)C1=NN(c2ccc(Br)cc2)C=C(CCO)[P@]1(=O)OCC. The zero-order valence-corrected chi connectivity index (χ0v) is 16.5. The summed E-state index contributed by atoms with van der Waals surface area (Å²) in [7, 11) is -3.68. The van der Waals surface area contributed by atoms with Gasteiger partial charge in [-0.1, -0.05) is 15.9 Å². The van der Waals surface area contributed by atoms with Gasteiger partial charge in [0, 0.05) is 29.0 Å². The van der Waals surface area contributed by atoms with Crippen LogP contribution < -0.4 is 5.01 Å². The second-order valence-corrected chi connectivity index (χ2v) is 8.30. The van der Waals surface area contributed by atoms with E-state index in [0.717, 1.165) is 4.47 Å². The van der Waals surface area contributed by atoms with E-state index < -0.39 is 13.3 Å². The van der Waals surface area contributed by atoms with Crippen molar-refractivity contribution in [3.8, 4) is 0 Å². The molecule has 1 heterocycles. The number of rotatable bonds is 7. The fourth-order valence-electron chi connectivity index (χ4n) is 2.28. The molecule has 1 aromatic carbocycles. The van der Waals surface area contributed by atoms with Crippen molar-refractivity contribution < 1.29 is 23.7 Å². The Kier molecular flexibility index (Phi) is 6.95. The van der Waals surface area contributed by atoms with Crippen LogP contribution in [0.3, 0.4) is 0 Å². The number of aliphatic hydroxyl groups excluding tert-OH is 1. The number of hydrogen-bond acceptors (Lipinski definition) is 7. The predicted molar refractivity (Wildman–Crippen MR) is 99.7 cm³/mol. The van der Waals surface area contributed by atoms with Crippen molar-refractivity contribution in [3.63, 3.8) is 0 Å². The minimum absolute atomic E-state index is 0.0999. The number of benzene rings is 1. The fourth-order valence-corrected chi connectivity index (χ4v) is 4.64. The number of hydrazone groups is 1. The molecule has 0 aliphatic carbocycles. The molecule has 1 aromatic rings. The van der Waals surface area contributed by atoms with Crippen LogP contribution in [-0.4, -0.2) is 36.3 Å². The van der Waals surface area contributed by atoms with Crippen LogP contribution in [-0.2, 0) is 18.6 Å². The van der Waals surface area contributed by atoms with E-state index in [4.69, 9.17) is 9.26 Å². The Hall–Kier alpha value is -1.47. The molecule has 0 radical (unpaired) electrons. The first-order chi connectivity index (χ1) is 12.0. The van der Waals surface area contributed by atoms with Crippen molar-refractivity contribution in [1.82, 2.24) is 0 Å². The van der Waals surface area contributed by atoms with E-state index >= 15 is 0 Å². The van der Waals surface area contributed by atoms with Gasteiger partial charge in [0.15, 0.2) is 0 Å². The number of aliphatic hydroxyl groups is 1. The number of esters is 1. The highest BCUT2D eigenvalue weighted by Crippen LogP contribution is 2.59. The molecule has 7 nitrogen and oxygen atoms in total. The maximum atomic E-state index is 13.4. The lowest BCUT2D eigenvalue weighted by Gasteiger charge is -2.29. The molecule has 0 aromatic heterocycles. The molecule has 0 bridgehead atoms. The van der Waals surface area contributed by atoms with Gasteiger partial charge in [-0.15, -0.1) is 0 Å². The lowest BCUT2D eigenvalue weighted by Crippen LogP contribution is -2.28. The van der Waals surface area contributed by atoms with E-state index in [9.17, 15) is 14.5 Å². The van der Waals surface area contributed by atoms with Crippen molar-refractivity contribution in [2.24, 2.45) is 5.10 Å². The number of halogens is 1. The summed E-state index contributed by atoms with van der Waals surface area (Å²) in [5.74, 6) is -0.787. The highest BCUT2D eigenvalue weighted by atomic mass is 79.9. The summed E-state index contributed by atoms with van der Waals surface area (Å²) in [6.07, 6.45) is 1.64. The monoisotopic (exact) mass is 430 g/mol. The molecular weight excluding hydrogens is 411 g/mol. The number of ether oxygens (including phenoxy) is 1. The van der Waals surface area contributed by atoms with Crippen molar-refractivity contribution in [1.29, 1.82) is 0 Å². The van der Waals surface area contributed by atoms with E-state index in [1.54, 1.807) is 32.2 Å². The van der Waals surface area contributed by atoms with Gasteiger partial charge in [0.25, 0.3) is 7.37 Å². The number of nitrogens with zero attached hydrogens (tertiary/aromatic N) is 2. The second kappa shape index (κ2) is 8.76. The largest absolute Gasteiger partial charge is 0.461 e. The molecule has 0 unspecified atom stereocenters. The molecule has 0 saturated heterocycles. The normalized spacial score (nSPS) is 20.1. The highest BCUT2D eigenvalue weighted by Gasteiger charge is 2.43. The average molecular weight is 431 g/mol. The van der Waals surface area contributed by atoms with Gasteiger partial charge < -0.3 is 14.4 Å². The number of carbonyl (C=O) groups is 1. The Morgan fingerprint density at radius 2 is 1.96 bits per heavy atom. The van der Waals surface area contributed by atoms with Crippen LogP contribution in [0.25, 0.3) is 0 Å². The number of hydrogen-bond donors (Lipinski definition) is 1. The van der Waals surface area contributed by atoms with Crippen LogP contribution in [0.15, 0.2) is 45.4 Å². The first kappa shape index (κ1) is 19.8. The van der Waals surface area contributed by atoms with Crippen molar-refractivity contribution in [2.75, 3.05) is 24.8 Å². The molecule has 25 heavy (non-hydrogen) atoms. The van der Waals surface area contributed by atoms with Gasteiger partial charge in [-0.2, -0.15) is 5.10 Å². The van der Waals surface area contributed by atoms with Crippen LogP contribution >= 0.6 is 23.3 Å². The maximum absolute atomic E-state index is 13.4. The highest BCUT2D eigenvalue weighted by molar-refractivity contribution is 9.10. The van der Waals surface area contributed by atoms with Crippen molar-refractivity contribution >= 4 is 40.4 Å². The maximum Gasteiger partial charge on any atom is 0.365 e. The average Bonchev–Trinajstić information content (AvgIpc) is 2.58. The van der Waals surface area contributed by atoms with Crippen LogP contribution in [0.2, 0.25) is 0 Å². The van der Waals surface area contributed by atoms with E-state index in [1.807, 2.05) is 12.1 Å². The van der Waals surface area contributed by atoms with Crippen LogP contribution in [0.4, 0.5) is 5.69 Å². The van der Waals surface area contributed by atoms with Gasteiger partial charge in [-0.3, -0.25) is 4.57 Å². The fraction of sp³-hybridized carbons (Fsp3) is 0.375. The van der Waals surface area contributed by atoms with Gasteiger partial charge >= 0.3 is 5.97 Å². The van der Waals surface area contributed by atoms with Crippen LogP contribution in [0, 0.1) is 0 Å². The lowest BCUT2D eigenvalue weighted by atomic mass is 10.3. The molecule has 0 fully saturated rings. The van der Waals surface area contributed by atoms with E-state index in [-0.39, 0.29) is 31.7 Å². The summed E-state index contributed by atoms with van der Waals surface area (Å²) >= 11 is 3.36.